The number of rotatable bonds is 17. The third-order valence-electron chi connectivity index (χ3n) is 16.8. The number of ketones is 6. The Morgan fingerprint density at radius 2 is 1.01 bits per heavy atom. The Hall–Kier alpha value is -6.96. The maximum atomic E-state index is 13.8. The third kappa shape index (κ3) is 18.3. The number of hydrogen-bond donors (Lipinski definition) is 17. The van der Waals surface area contributed by atoms with Crippen molar-refractivity contribution in [2.24, 2.45) is 11.5 Å². The van der Waals surface area contributed by atoms with Crippen LogP contribution in [0.4, 0.5) is 0 Å². The number of likely N-dealkylation sites (N-methyl/N-ethyl adjacent to an activating group) is 2. The molecule has 12 atom stereocenters. The van der Waals surface area contributed by atoms with Crippen molar-refractivity contribution in [3.63, 3.8) is 0 Å². The van der Waals surface area contributed by atoms with Crippen LogP contribution in [0.3, 0.4) is 0 Å². The number of ether oxygens (including phenoxy) is 7. The highest BCUT2D eigenvalue weighted by atomic mass is 32.7. The van der Waals surface area contributed by atoms with Crippen molar-refractivity contribution in [3.8, 4) is 34.5 Å². The first-order valence-electron chi connectivity index (χ1n) is 30.2. The molecule has 0 spiro atoms. The van der Waals surface area contributed by atoms with Crippen LogP contribution in [0.5, 0.6) is 34.5 Å². The molecule has 2 heterocycles. The molecule has 10 rings (SSSR count). The van der Waals surface area contributed by atoms with E-state index in [0.29, 0.717) is 6.73 Å². The molecular formula is C64H85N5O27P2S2. The number of carbonyl (C=O) groups is 8. The smallest absolute Gasteiger partial charge is 0.317 e. The van der Waals surface area contributed by atoms with Crippen LogP contribution in [-0.4, -0.2) is 244 Å². The summed E-state index contributed by atoms with van der Waals surface area (Å²) in [6.45, 7) is 1.40. The van der Waals surface area contributed by atoms with E-state index in [1.54, 1.807) is 35.1 Å². The van der Waals surface area contributed by atoms with Crippen molar-refractivity contribution in [3.05, 3.63) is 103 Å². The van der Waals surface area contributed by atoms with Crippen LogP contribution in [0.2, 0.25) is 0 Å². The highest BCUT2D eigenvalue weighted by Gasteiger charge is 2.53. The molecule has 4 aliphatic carbocycles. The standard InChI is InChI=1S/C30H34N2O12.C27H29NO11.C3H7NO2.C2H7NO.CH4O.CH4.P2S2/c1-12-25(36)15(32-19(35)10-31-2)7-20(43-12)44-17-9-30(41,18(34)11-33)8-14-22(17)29(40)24-23(27(14)38)26(37)13-5-4-6-16(42-3)21(13)28(24)39;1-10-22(31)13(28)6-17(38-10)39-15-8-27(36,16(30)9-29)7-12-19(15)26(35)21-20(24(12)33)23(32)11-4-3-5-14(37-2)18(11)25(21)34;1-4-2-3(5)6;1-4-2-3;1-2;;3-1-2-4/h4-6,12,15,17,20,25,31,33,36,38,40-41H,7-11H2,1-3H3,(H,32,35);3-5,10,13,15,17,22,29,31,33,35-36H,6-9,28H2,1-2H3;4H,2H2,1H3,(H,5,6);2-3H2,1H3;2H,1H3;1H4;. The van der Waals surface area contributed by atoms with E-state index in [9.17, 15) is 89.4 Å². The quantitative estimate of drug-likeness (QED) is 0.0329. The van der Waals surface area contributed by atoms with Gasteiger partial charge in [0.25, 0.3) is 0 Å². The first-order valence-corrected chi connectivity index (χ1v) is 34.7. The summed E-state index contributed by atoms with van der Waals surface area (Å²) in [6.07, 6.45) is -10.9. The van der Waals surface area contributed by atoms with Crippen LogP contribution >= 0.6 is 14.1 Å². The number of aliphatic hydroxyl groups is 7. The summed E-state index contributed by atoms with van der Waals surface area (Å²) < 4.78 is 38.6. The van der Waals surface area contributed by atoms with E-state index in [4.69, 9.17) is 50.1 Å². The second-order valence-electron chi connectivity index (χ2n) is 22.9. The molecule has 100 heavy (non-hydrogen) atoms. The Kier molecular flexibility index (Phi) is 32.3. The van der Waals surface area contributed by atoms with Gasteiger partial charge in [-0.25, -0.2) is 0 Å². The Morgan fingerprint density at radius 1 is 0.630 bits per heavy atom. The molecule has 12 unspecified atom stereocenters. The van der Waals surface area contributed by atoms with Crippen molar-refractivity contribution in [1.29, 1.82) is 0 Å². The Bertz CT molecular complexity index is 3680. The van der Waals surface area contributed by atoms with Crippen LogP contribution in [0, 0.1) is 0 Å². The average molecular weight is 1480 g/mol. The zero-order valence-electron chi connectivity index (χ0n) is 54.9. The predicted octanol–water partition coefficient (Wildman–Crippen LogP) is 0.181. The number of nitrogens with two attached hydrogens (primary N) is 2. The lowest BCUT2D eigenvalue weighted by atomic mass is 9.72. The number of aliphatic carboxylic acids is 1. The highest BCUT2D eigenvalue weighted by molar-refractivity contribution is 8.40. The summed E-state index contributed by atoms with van der Waals surface area (Å²) in [4.78, 5) is 102. The lowest BCUT2D eigenvalue weighted by Gasteiger charge is -2.43. The molecule has 4 aromatic carbocycles. The third-order valence-corrected chi connectivity index (χ3v) is 19.4. The summed E-state index contributed by atoms with van der Waals surface area (Å²) in [5.74, 6) is -8.94. The van der Waals surface area contributed by atoms with Crippen molar-refractivity contribution in [1.82, 2.24) is 16.0 Å². The molecule has 550 valence electrons. The number of hydrogen-bond acceptors (Lipinski definition) is 32. The lowest BCUT2D eigenvalue weighted by Crippen LogP contribution is -2.56. The number of fused-ring (bicyclic) bond motifs is 6. The van der Waals surface area contributed by atoms with E-state index < -0.39 is 203 Å². The number of carboxylic acids is 1. The molecule has 36 heteroatoms. The minimum atomic E-state index is -2.30. The summed E-state index contributed by atoms with van der Waals surface area (Å²) in [7, 11) is 10.1. The number of aromatic hydroxyl groups is 4. The zero-order chi connectivity index (χ0) is 74.3. The maximum absolute atomic E-state index is 13.8. The molecule has 0 aromatic heterocycles. The van der Waals surface area contributed by atoms with Gasteiger partial charge in [0.05, 0.1) is 104 Å². The summed E-state index contributed by atoms with van der Waals surface area (Å²) >= 11 is 8.82. The van der Waals surface area contributed by atoms with E-state index in [1.807, 2.05) is 0 Å². The predicted molar refractivity (Wildman–Crippen MR) is 362 cm³/mol. The van der Waals surface area contributed by atoms with E-state index >= 15 is 0 Å². The fourth-order valence-electron chi connectivity index (χ4n) is 12.2. The van der Waals surface area contributed by atoms with Crippen molar-refractivity contribution in [2.45, 2.75) is 132 Å². The van der Waals surface area contributed by atoms with Crippen LogP contribution in [0.25, 0.3) is 0 Å². The molecular weight excluding hydrogens is 1400 g/mol. The molecule has 0 radical (unpaired) electrons. The second-order valence-corrected chi connectivity index (χ2v) is 27.1. The Labute approximate surface area is 587 Å². The van der Waals surface area contributed by atoms with Crippen molar-refractivity contribution >= 4 is 84.3 Å². The topological polar surface area (TPSA) is 532 Å². The van der Waals surface area contributed by atoms with Gasteiger partial charge in [-0.05, 0) is 63.7 Å². The van der Waals surface area contributed by atoms with E-state index in [0.717, 1.165) is 21.2 Å². The van der Waals surface area contributed by atoms with Gasteiger partial charge in [0.2, 0.25) is 17.5 Å². The molecule has 2 aliphatic heterocycles. The van der Waals surface area contributed by atoms with E-state index in [1.165, 1.54) is 50.6 Å². The number of benzene rings is 4. The first-order chi connectivity index (χ1) is 46.9. The molecule has 32 nitrogen and oxygen atoms in total. The number of Topliss-reactive ketones (excluding diaryl/α,β-unsaturated/α-hetero) is 2. The number of carboxylic acid groups (broad SMARTS) is 1. The molecule has 0 saturated carbocycles. The lowest BCUT2D eigenvalue weighted by molar-refractivity contribution is -0.249. The molecule has 4 aromatic rings. The number of methoxy groups -OCH3 is 3. The molecule has 2 saturated heterocycles. The van der Waals surface area contributed by atoms with Gasteiger partial charge in [0.15, 0.2) is 35.7 Å². The number of phenols is 4. The summed E-state index contributed by atoms with van der Waals surface area (Å²) in [6, 6.07) is 7.15. The number of phenolic OH excluding ortho intramolecular Hbond substituents is 4. The molecule has 6 aliphatic rings. The maximum Gasteiger partial charge on any atom is 0.317 e. The van der Waals surface area contributed by atoms with Gasteiger partial charge in [-0.1, -0.05) is 31.7 Å². The number of carbonyl (C=O) groups excluding carboxylic acids is 7. The van der Waals surface area contributed by atoms with Crippen molar-refractivity contribution < 1.29 is 133 Å². The fraction of sp³-hybridized carbons (Fsp3) is 0.500. The summed E-state index contributed by atoms with van der Waals surface area (Å²) in [5, 5.41) is 131. The monoisotopic (exact) mass is 1480 g/mol. The number of aliphatic hydroxyl groups excluding tert-OH is 5. The Balaban J connectivity index is 0.000000348. The molecule has 2 fully saturated rings. The molecule has 0 bridgehead atoms. The van der Waals surface area contributed by atoms with E-state index in [-0.39, 0.29) is 89.4 Å². The minimum absolute atomic E-state index is 0. The SMILES string of the molecule is C.CNCC(=O)NC1CC(OC2CC(O)(C(=O)CO)Cc3c(O)c4c(c(O)c32)C(=O)c2c(OC)cccc2C4=O)OC(C)C1O.CNCC(=O)O.CO.COCN.COc1cccc2c1C(=O)c1c(O)c3c(c(O)c1C2=O)CC(O)(C(=O)CO)CC3OC1CC(N)C(O)C(C)O1.S=PP=S. The first kappa shape index (κ1) is 85.5. The van der Waals surface area contributed by atoms with Gasteiger partial charge >= 0.3 is 5.97 Å². The van der Waals surface area contributed by atoms with Crippen molar-refractivity contribution in [2.75, 3.05) is 75.6 Å². The van der Waals surface area contributed by atoms with E-state index in [2.05, 4.69) is 44.3 Å². The minimum Gasteiger partial charge on any atom is -0.507 e. The van der Waals surface area contributed by atoms with Gasteiger partial charge in [-0.15, -0.1) is 0 Å². The van der Waals surface area contributed by atoms with Gasteiger partial charge < -0.3 is 122 Å². The average Bonchev–Trinajstić information content (AvgIpc) is 0.717. The van der Waals surface area contributed by atoms with Gasteiger partial charge in [0, 0.05) is 106 Å². The summed E-state index contributed by atoms with van der Waals surface area (Å²) in [5.41, 5.74) is 3.31. The highest BCUT2D eigenvalue weighted by Crippen LogP contribution is 2.55. The molecule has 19 N–H and O–H groups in total. The second kappa shape index (κ2) is 37.8. The fourth-order valence-corrected chi connectivity index (χ4v) is 12.2. The van der Waals surface area contributed by atoms with Crippen LogP contribution in [0.1, 0.15) is 145 Å². The largest absolute Gasteiger partial charge is 0.507 e. The zero-order valence-corrected chi connectivity index (χ0v) is 58.3. The Morgan fingerprint density at radius 3 is 1.34 bits per heavy atom. The molecule has 1 amide bonds. The van der Waals surface area contributed by atoms with Gasteiger partial charge in [0.1, 0.15) is 65.0 Å². The number of amides is 1. The van der Waals surface area contributed by atoms with Gasteiger partial charge in [-0.3, -0.25) is 38.4 Å². The number of nitrogens with one attached hydrogen (secondary N) is 3. The van der Waals surface area contributed by atoms with Crippen LogP contribution < -0.4 is 36.9 Å². The van der Waals surface area contributed by atoms with Crippen LogP contribution in [0.15, 0.2) is 36.4 Å². The van der Waals surface area contributed by atoms with Gasteiger partial charge in [-0.2, -0.15) is 0 Å². The normalized spacial score (nSPS) is 25.0. The van der Waals surface area contributed by atoms with Crippen LogP contribution in [-0.2, 0) is 79.3 Å².